The minimum Gasteiger partial charge on any atom is -0.398 e. The van der Waals surface area contributed by atoms with Crippen LogP contribution in [0.1, 0.15) is 0 Å². The lowest BCUT2D eigenvalue weighted by Gasteiger charge is -2.02. The van der Waals surface area contributed by atoms with Crippen molar-refractivity contribution < 1.29 is 4.39 Å². The van der Waals surface area contributed by atoms with Crippen LogP contribution in [0.5, 0.6) is 0 Å². The maximum atomic E-state index is 13.6. The molecule has 0 bridgehead atoms. The number of halogens is 2. The van der Waals surface area contributed by atoms with E-state index >= 15 is 0 Å². The molecule has 1 heterocycles. The van der Waals surface area contributed by atoms with Crippen LogP contribution in [0.25, 0.3) is 22.4 Å². The van der Waals surface area contributed by atoms with Crippen molar-refractivity contribution in [1.29, 1.82) is 0 Å². The Balaban J connectivity index is 2.26. The Morgan fingerprint density at radius 2 is 2.06 bits per heavy atom. The summed E-state index contributed by atoms with van der Waals surface area (Å²) in [4.78, 5) is 7.32. The number of hydrogen-bond donors (Lipinski definition) is 2. The molecule has 5 heteroatoms. The predicted molar refractivity (Wildman–Crippen MR) is 73.6 cm³/mol. The van der Waals surface area contributed by atoms with Gasteiger partial charge in [0.05, 0.1) is 5.52 Å². The van der Waals surface area contributed by atoms with Crippen molar-refractivity contribution in [3.8, 4) is 11.4 Å². The molecule has 0 unspecified atom stereocenters. The van der Waals surface area contributed by atoms with Crippen molar-refractivity contribution in [2.45, 2.75) is 0 Å². The molecule has 3 N–H and O–H groups in total. The van der Waals surface area contributed by atoms with Crippen LogP contribution >= 0.6 is 15.9 Å². The third-order valence-corrected chi connectivity index (χ3v) is 3.23. The minimum absolute atomic E-state index is 0.326. The topological polar surface area (TPSA) is 54.7 Å². The lowest BCUT2D eigenvalue weighted by atomic mass is 10.2. The number of nitrogens with two attached hydrogens (primary N) is 1. The number of nitrogens with one attached hydrogen (secondary N) is 1. The maximum Gasteiger partial charge on any atom is 0.151 e. The third kappa shape index (κ3) is 1.76. The molecule has 0 saturated heterocycles. The first kappa shape index (κ1) is 11.2. The predicted octanol–water partition coefficient (Wildman–Crippen LogP) is 3.71. The Labute approximate surface area is 111 Å². The van der Waals surface area contributed by atoms with Crippen LogP contribution < -0.4 is 5.73 Å². The van der Waals surface area contributed by atoms with Crippen LogP contribution in [-0.4, -0.2) is 9.97 Å². The van der Waals surface area contributed by atoms with Gasteiger partial charge in [-0.25, -0.2) is 9.37 Å². The second-order valence-corrected chi connectivity index (χ2v) is 4.87. The summed E-state index contributed by atoms with van der Waals surface area (Å²) in [5.74, 6) is 0.220. The molecule has 0 amide bonds. The molecule has 2 aromatic carbocycles. The van der Waals surface area contributed by atoms with Crippen molar-refractivity contribution >= 4 is 32.7 Å². The number of aromatic amines is 1. The van der Waals surface area contributed by atoms with E-state index in [1.54, 1.807) is 18.2 Å². The fourth-order valence-corrected chi connectivity index (χ4v) is 2.22. The van der Waals surface area contributed by atoms with E-state index in [4.69, 9.17) is 5.73 Å². The first-order valence-corrected chi connectivity index (χ1v) is 6.14. The van der Waals surface area contributed by atoms with Gasteiger partial charge in [-0.1, -0.05) is 22.0 Å². The Bertz CT molecular complexity index is 736. The number of nitrogen functional groups attached to an aromatic ring is 1. The van der Waals surface area contributed by atoms with E-state index in [9.17, 15) is 4.39 Å². The van der Waals surface area contributed by atoms with Gasteiger partial charge in [-0.3, -0.25) is 0 Å². The Hall–Kier alpha value is -1.88. The molecular formula is C13H9BrFN3. The monoisotopic (exact) mass is 305 g/mol. The van der Waals surface area contributed by atoms with Crippen molar-refractivity contribution in [2.24, 2.45) is 0 Å². The Morgan fingerprint density at radius 1 is 1.22 bits per heavy atom. The number of hydrogen-bond acceptors (Lipinski definition) is 2. The first-order chi connectivity index (χ1) is 8.65. The van der Waals surface area contributed by atoms with E-state index in [0.29, 0.717) is 22.5 Å². The van der Waals surface area contributed by atoms with Gasteiger partial charge < -0.3 is 10.7 Å². The third-order valence-electron chi connectivity index (χ3n) is 2.73. The van der Waals surface area contributed by atoms with E-state index in [2.05, 4.69) is 25.9 Å². The maximum absolute atomic E-state index is 13.6. The molecule has 0 radical (unpaired) electrons. The summed E-state index contributed by atoms with van der Waals surface area (Å²) >= 11 is 3.38. The van der Waals surface area contributed by atoms with Crippen LogP contribution in [0.15, 0.2) is 40.9 Å². The summed E-state index contributed by atoms with van der Waals surface area (Å²) in [5, 5.41) is 0. The van der Waals surface area contributed by atoms with Crippen LogP contribution in [0.2, 0.25) is 0 Å². The van der Waals surface area contributed by atoms with Crippen molar-refractivity contribution in [2.75, 3.05) is 5.73 Å². The van der Waals surface area contributed by atoms with Crippen LogP contribution in [0, 0.1) is 5.82 Å². The first-order valence-electron chi connectivity index (χ1n) is 5.35. The highest BCUT2D eigenvalue weighted by molar-refractivity contribution is 9.10. The van der Waals surface area contributed by atoms with Crippen molar-refractivity contribution in [1.82, 2.24) is 9.97 Å². The summed E-state index contributed by atoms with van der Waals surface area (Å²) in [6, 6.07) is 10.3. The highest BCUT2D eigenvalue weighted by Gasteiger charge is 2.11. The zero-order valence-electron chi connectivity index (χ0n) is 9.24. The lowest BCUT2D eigenvalue weighted by Crippen LogP contribution is -1.91. The number of para-hydroxylation sites is 1. The molecule has 0 saturated carbocycles. The fraction of sp³-hybridized carbons (Fsp3) is 0. The number of nitrogens with zero attached hydrogens (tertiary/aromatic N) is 1. The summed E-state index contributed by atoms with van der Waals surface area (Å²) < 4.78 is 14.5. The second kappa shape index (κ2) is 4.10. The molecule has 1 aromatic heterocycles. The van der Waals surface area contributed by atoms with Crippen LogP contribution in [-0.2, 0) is 0 Å². The Kier molecular flexibility index (Phi) is 2.56. The molecule has 3 aromatic rings. The van der Waals surface area contributed by atoms with Gasteiger partial charge in [0, 0.05) is 15.7 Å². The normalized spacial score (nSPS) is 11.0. The average Bonchev–Trinajstić information content (AvgIpc) is 2.77. The molecular weight excluding hydrogens is 297 g/mol. The lowest BCUT2D eigenvalue weighted by molar-refractivity contribution is 0.637. The number of fused-ring (bicyclic) bond motifs is 1. The van der Waals surface area contributed by atoms with Crippen molar-refractivity contribution in [3.05, 3.63) is 46.7 Å². The quantitative estimate of drug-likeness (QED) is 0.673. The van der Waals surface area contributed by atoms with E-state index in [1.807, 2.05) is 12.1 Å². The van der Waals surface area contributed by atoms with Gasteiger partial charge in [0.15, 0.2) is 5.82 Å². The number of imidazole rings is 1. The molecule has 0 aliphatic rings. The summed E-state index contributed by atoms with van der Waals surface area (Å²) in [7, 11) is 0. The minimum atomic E-state index is -0.344. The molecule has 3 rings (SSSR count). The summed E-state index contributed by atoms with van der Waals surface area (Å²) in [5.41, 5.74) is 8.23. The van der Waals surface area contributed by atoms with E-state index < -0.39 is 0 Å². The van der Waals surface area contributed by atoms with Gasteiger partial charge in [-0.2, -0.15) is 0 Å². The van der Waals surface area contributed by atoms with E-state index in [-0.39, 0.29) is 5.82 Å². The molecule has 3 nitrogen and oxygen atoms in total. The highest BCUT2D eigenvalue weighted by atomic mass is 79.9. The van der Waals surface area contributed by atoms with Gasteiger partial charge in [-0.15, -0.1) is 0 Å². The van der Waals surface area contributed by atoms with Crippen LogP contribution in [0.3, 0.4) is 0 Å². The van der Waals surface area contributed by atoms with Gasteiger partial charge in [0.1, 0.15) is 11.3 Å². The number of benzene rings is 2. The number of anilines is 1. The number of H-pyrrole nitrogens is 1. The van der Waals surface area contributed by atoms with Crippen molar-refractivity contribution in [3.63, 3.8) is 0 Å². The van der Waals surface area contributed by atoms with Crippen LogP contribution in [0.4, 0.5) is 10.1 Å². The molecule has 0 spiro atoms. The van der Waals surface area contributed by atoms with Gasteiger partial charge in [-0.05, 0) is 30.3 Å². The molecule has 18 heavy (non-hydrogen) atoms. The SMILES string of the molecule is Nc1ccc(Br)cc1-c1nc2c(F)cccc2[nH]1. The molecule has 0 fully saturated rings. The fourth-order valence-electron chi connectivity index (χ4n) is 1.86. The molecule has 90 valence electrons. The molecule has 0 aliphatic heterocycles. The summed E-state index contributed by atoms with van der Waals surface area (Å²) in [6.07, 6.45) is 0. The largest absolute Gasteiger partial charge is 0.398 e. The average molecular weight is 306 g/mol. The second-order valence-electron chi connectivity index (χ2n) is 3.95. The zero-order chi connectivity index (χ0) is 12.7. The van der Waals surface area contributed by atoms with Gasteiger partial charge in [0.25, 0.3) is 0 Å². The highest BCUT2D eigenvalue weighted by Crippen LogP contribution is 2.29. The number of aromatic nitrogens is 2. The molecule has 0 atom stereocenters. The smallest absolute Gasteiger partial charge is 0.151 e. The van der Waals surface area contributed by atoms with E-state index in [0.717, 1.165) is 10.0 Å². The Morgan fingerprint density at radius 3 is 2.83 bits per heavy atom. The van der Waals surface area contributed by atoms with Gasteiger partial charge >= 0.3 is 0 Å². The molecule has 0 aliphatic carbocycles. The summed E-state index contributed by atoms with van der Waals surface area (Å²) in [6.45, 7) is 0. The zero-order valence-corrected chi connectivity index (χ0v) is 10.8. The standard InChI is InChI=1S/C13H9BrFN3/c14-7-4-5-10(16)8(6-7)13-17-11-3-1-2-9(15)12(11)18-13/h1-6H,16H2,(H,17,18). The van der Waals surface area contributed by atoms with Gasteiger partial charge in [0.2, 0.25) is 0 Å². The van der Waals surface area contributed by atoms with E-state index in [1.165, 1.54) is 6.07 Å². The number of rotatable bonds is 1.